The van der Waals surface area contributed by atoms with Crippen LogP contribution in [0.15, 0.2) is 42.5 Å². The van der Waals surface area contributed by atoms with Crippen molar-refractivity contribution in [3.05, 3.63) is 63.9 Å². The topological polar surface area (TPSA) is 54.5 Å². The Morgan fingerprint density at radius 1 is 1.35 bits per heavy atom. The first-order valence-corrected chi connectivity index (χ1v) is 11.6. The second-order valence-electron chi connectivity index (χ2n) is 7.71. The number of rotatable bonds is 7. The van der Waals surface area contributed by atoms with Gasteiger partial charge in [0.15, 0.2) is 0 Å². The number of carbonyl (C=O) groups excluding carboxylic acids is 1. The molecule has 1 amide bonds. The molecule has 1 fully saturated rings. The molecule has 1 aliphatic rings. The standard InChI is InChI=1S/C23H25ClFN3O2S/c1-15-14-28(11-12-30-15)19(23-16(24)5-4-6-17(23)25)13-26-21(29)9-10-22-27-18-7-2-3-8-20(18)31-22/h2-8,15,19H,9-14H2,1H3,(H,26,29). The summed E-state index contributed by atoms with van der Waals surface area (Å²) in [4.78, 5) is 19.3. The summed E-state index contributed by atoms with van der Waals surface area (Å²) in [5.74, 6) is -0.446. The van der Waals surface area contributed by atoms with E-state index in [-0.39, 0.29) is 30.4 Å². The Balaban J connectivity index is 1.42. The van der Waals surface area contributed by atoms with Crippen LogP contribution >= 0.6 is 22.9 Å². The highest BCUT2D eigenvalue weighted by Gasteiger charge is 2.29. The van der Waals surface area contributed by atoms with Crippen LogP contribution in [0.25, 0.3) is 10.2 Å². The highest BCUT2D eigenvalue weighted by Crippen LogP contribution is 2.31. The highest BCUT2D eigenvalue weighted by molar-refractivity contribution is 7.18. The molecule has 0 aliphatic carbocycles. The number of thiazole rings is 1. The minimum absolute atomic E-state index is 0.0385. The van der Waals surface area contributed by atoms with Crippen LogP contribution in [0.5, 0.6) is 0 Å². The molecule has 1 aliphatic heterocycles. The number of para-hydroxylation sites is 1. The van der Waals surface area contributed by atoms with Gasteiger partial charge >= 0.3 is 0 Å². The third-order valence-electron chi connectivity index (χ3n) is 5.44. The fourth-order valence-electron chi connectivity index (χ4n) is 3.92. The van der Waals surface area contributed by atoms with Gasteiger partial charge in [-0.25, -0.2) is 9.37 Å². The van der Waals surface area contributed by atoms with Crippen molar-refractivity contribution in [2.75, 3.05) is 26.2 Å². The second kappa shape index (κ2) is 10.0. The molecule has 164 valence electrons. The lowest BCUT2D eigenvalue weighted by Crippen LogP contribution is -2.47. The molecule has 0 bridgehead atoms. The summed E-state index contributed by atoms with van der Waals surface area (Å²) in [5, 5.41) is 4.29. The molecule has 2 unspecified atom stereocenters. The Morgan fingerprint density at radius 2 is 2.19 bits per heavy atom. The van der Waals surface area contributed by atoms with Gasteiger partial charge in [-0.15, -0.1) is 11.3 Å². The van der Waals surface area contributed by atoms with E-state index < -0.39 is 0 Å². The molecule has 31 heavy (non-hydrogen) atoms. The van der Waals surface area contributed by atoms with Crippen molar-refractivity contribution in [2.24, 2.45) is 0 Å². The van der Waals surface area contributed by atoms with E-state index >= 15 is 0 Å². The number of hydrogen-bond donors (Lipinski definition) is 1. The molecule has 1 saturated heterocycles. The van der Waals surface area contributed by atoms with Crippen molar-refractivity contribution in [3.63, 3.8) is 0 Å². The maximum atomic E-state index is 14.7. The van der Waals surface area contributed by atoms with Crippen molar-refractivity contribution in [2.45, 2.75) is 31.9 Å². The Hall–Kier alpha value is -2.06. The van der Waals surface area contributed by atoms with Gasteiger partial charge in [0.1, 0.15) is 5.82 Å². The van der Waals surface area contributed by atoms with Crippen LogP contribution in [0.4, 0.5) is 4.39 Å². The Labute approximate surface area is 190 Å². The van der Waals surface area contributed by atoms with E-state index in [1.807, 2.05) is 31.2 Å². The number of carbonyl (C=O) groups is 1. The number of aryl methyl sites for hydroxylation is 1. The molecular weight excluding hydrogens is 437 g/mol. The number of amides is 1. The van der Waals surface area contributed by atoms with Crippen LogP contribution in [0, 0.1) is 5.82 Å². The van der Waals surface area contributed by atoms with Crippen molar-refractivity contribution >= 4 is 39.1 Å². The van der Waals surface area contributed by atoms with Gasteiger partial charge in [0.25, 0.3) is 0 Å². The lowest BCUT2D eigenvalue weighted by atomic mass is 10.0. The molecule has 0 spiro atoms. The van der Waals surface area contributed by atoms with E-state index in [4.69, 9.17) is 16.3 Å². The van der Waals surface area contributed by atoms with Gasteiger partial charge in [-0.2, -0.15) is 0 Å². The zero-order valence-electron chi connectivity index (χ0n) is 17.3. The number of fused-ring (bicyclic) bond motifs is 1. The van der Waals surface area contributed by atoms with E-state index in [9.17, 15) is 9.18 Å². The third-order valence-corrected chi connectivity index (χ3v) is 6.87. The predicted octanol–water partition coefficient (Wildman–Crippen LogP) is 4.60. The Bertz CT molecular complexity index is 1010. The van der Waals surface area contributed by atoms with E-state index in [0.29, 0.717) is 43.1 Å². The minimum atomic E-state index is -0.361. The molecule has 1 aromatic heterocycles. The molecule has 0 saturated carbocycles. The summed E-state index contributed by atoms with van der Waals surface area (Å²) in [5.41, 5.74) is 1.38. The minimum Gasteiger partial charge on any atom is -0.376 e. The van der Waals surface area contributed by atoms with E-state index in [1.54, 1.807) is 23.5 Å². The summed E-state index contributed by atoms with van der Waals surface area (Å²) < 4.78 is 21.4. The van der Waals surface area contributed by atoms with Gasteiger partial charge in [0.2, 0.25) is 5.91 Å². The van der Waals surface area contributed by atoms with Crippen molar-refractivity contribution in [3.8, 4) is 0 Å². The number of halogens is 2. The lowest BCUT2D eigenvalue weighted by Gasteiger charge is -2.38. The number of hydrogen-bond acceptors (Lipinski definition) is 5. The maximum absolute atomic E-state index is 14.7. The van der Waals surface area contributed by atoms with Crippen molar-refractivity contribution in [1.29, 1.82) is 0 Å². The van der Waals surface area contributed by atoms with Crippen LogP contribution in [0.1, 0.15) is 30.0 Å². The van der Waals surface area contributed by atoms with E-state index in [2.05, 4.69) is 15.2 Å². The van der Waals surface area contributed by atoms with Gasteiger partial charge < -0.3 is 10.1 Å². The average Bonchev–Trinajstić information content (AvgIpc) is 3.17. The molecule has 1 N–H and O–H groups in total. The largest absolute Gasteiger partial charge is 0.376 e. The first-order valence-electron chi connectivity index (χ1n) is 10.4. The van der Waals surface area contributed by atoms with Gasteiger partial charge in [-0.1, -0.05) is 29.8 Å². The molecule has 4 rings (SSSR count). The highest BCUT2D eigenvalue weighted by atomic mass is 35.5. The molecule has 2 heterocycles. The normalized spacial score (nSPS) is 18.2. The fourth-order valence-corrected chi connectivity index (χ4v) is 5.17. The molecule has 8 heteroatoms. The van der Waals surface area contributed by atoms with Crippen molar-refractivity contribution in [1.82, 2.24) is 15.2 Å². The van der Waals surface area contributed by atoms with Crippen LogP contribution < -0.4 is 5.32 Å². The van der Waals surface area contributed by atoms with Gasteiger partial charge in [0, 0.05) is 43.1 Å². The summed E-state index contributed by atoms with van der Waals surface area (Å²) in [6.45, 7) is 4.14. The van der Waals surface area contributed by atoms with Crippen LogP contribution in [-0.4, -0.2) is 48.1 Å². The number of ether oxygens (including phenoxy) is 1. The summed E-state index contributed by atoms with van der Waals surface area (Å²) in [6.07, 6.45) is 0.943. The molecule has 2 aromatic carbocycles. The Kier molecular flexibility index (Phi) is 7.17. The lowest BCUT2D eigenvalue weighted by molar-refractivity contribution is -0.121. The predicted molar refractivity (Wildman–Crippen MR) is 122 cm³/mol. The SMILES string of the molecule is CC1CN(C(CNC(=O)CCc2nc3ccccc3s2)c2c(F)cccc2Cl)CCO1. The zero-order valence-corrected chi connectivity index (χ0v) is 18.9. The smallest absolute Gasteiger partial charge is 0.220 e. The number of benzene rings is 2. The molecule has 3 aromatic rings. The van der Waals surface area contributed by atoms with Gasteiger partial charge in [0.05, 0.1) is 34.0 Å². The zero-order chi connectivity index (χ0) is 21.8. The Morgan fingerprint density at radius 3 is 2.97 bits per heavy atom. The van der Waals surface area contributed by atoms with Crippen LogP contribution in [0.3, 0.4) is 0 Å². The third kappa shape index (κ3) is 5.41. The average molecular weight is 462 g/mol. The first kappa shape index (κ1) is 22.1. The summed E-state index contributed by atoms with van der Waals surface area (Å²) in [7, 11) is 0. The first-order chi connectivity index (χ1) is 15.0. The second-order valence-corrected chi connectivity index (χ2v) is 9.23. The summed E-state index contributed by atoms with van der Waals surface area (Å²) >= 11 is 7.96. The number of aromatic nitrogens is 1. The van der Waals surface area contributed by atoms with Gasteiger partial charge in [-0.05, 0) is 31.2 Å². The summed E-state index contributed by atoms with van der Waals surface area (Å²) in [6, 6.07) is 12.3. The van der Waals surface area contributed by atoms with Crippen LogP contribution in [-0.2, 0) is 16.0 Å². The van der Waals surface area contributed by atoms with E-state index in [0.717, 1.165) is 15.2 Å². The van der Waals surface area contributed by atoms with E-state index in [1.165, 1.54) is 6.07 Å². The quantitative estimate of drug-likeness (QED) is 0.558. The number of nitrogens with zero attached hydrogens (tertiary/aromatic N) is 2. The van der Waals surface area contributed by atoms with Gasteiger partial charge in [-0.3, -0.25) is 9.69 Å². The molecule has 0 radical (unpaired) electrons. The number of nitrogens with one attached hydrogen (secondary N) is 1. The fraction of sp³-hybridized carbons (Fsp3) is 0.391. The monoisotopic (exact) mass is 461 g/mol. The molecule has 5 nitrogen and oxygen atoms in total. The van der Waals surface area contributed by atoms with Crippen molar-refractivity contribution < 1.29 is 13.9 Å². The molecule has 2 atom stereocenters. The number of morpholine rings is 1. The molecular formula is C23H25ClFN3O2S. The van der Waals surface area contributed by atoms with Crippen LogP contribution in [0.2, 0.25) is 5.02 Å². The maximum Gasteiger partial charge on any atom is 0.220 e.